The number of carbonyl (C=O) groups is 1. The van der Waals surface area contributed by atoms with E-state index >= 15 is 0 Å². The fourth-order valence-corrected chi connectivity index (χ4v) is 6.38. The highest BCUT2D eigenvalue weighted by atomic mass is 16.1. The van der Waals surface area contributed by atoms with Gasteiger partial charge in [0.1, 0.15) is 0 Å². The molecule has 0 bridgehead atoms. The van der Waals surface area contributed by atoms with Crippen molar-refractivity contribution in [1.29, 1.82) is 0 Å². The van der Waals surface area contributed by atoms with E-state index in [1.54, 1.807) is 0 Å². The molecule has 4 heteroatoms. The van der Waals surface area contributed by atoms with Crippen LogP contribution in [-0.2, 0) is 11.3 Å². The zero-order valence-corrected chi connectivity index (χ0v) is 21.2. The number of aryl methyl sites for hydroxylation is 1. The van der Waals surface area contributed by atoms with Gasteiger partial charge < -0.3 is 15.6 Å². The molecule has 2 saturated carbocycles. The molecule has 4 nitrogen and oxygen atoms in total. The van der Waals surface area contributed by atoms with Crippen molar-refractivity contribution in [3.8, 4) is 0 Å². The third-order valence-corrected chi connectivity index (χ3v) is 8.35. The maximum Gasteiger partial charge on any atom is 0.221 e. The number of fused-ring (bicyclic) bond motifs is 1. The molecule has 0 radical (unpaired) electrons. The molecule has 2 aliphatic carbocycles. The molecule has 3 N–H and O–H groups in total. The molecule has 1 unspecified atom stereocenters. The summed E-state index contributed by atoms with van der Waals surface area (Å²) in [4.78, 5) is 13.3. The van der Waals surface area contributed by atoms with Gasteiger partial charge in [-0.25, -0.2) is 0 Å². The average molecular weight is 472 g/mol. The summed E-state index contributed by atoms with van der Waals surface area (Å²) < 4.78 is 2.48. The minimum atomic E-state index is 0.0400. The van der Waals surface area contributed by atoms with Crippen molar-refractivity contribution in [1.82, 2.24) is 9.88 Å². The van der Waals surface area contributed by atoms with Gasteiger partial charge in [0.15, 0.2) is 0 Å². The fraction of sp³-hybridized carbons (Fsp3) is 0.516. The molecule has 1 atom stereocenters. The second-order valence-electron chi connectivity index (χ2n) is 11.1. The molecule has 0 aliphatic heterocycles. The molecule has 0 saturated heterocycles. The van der Waals surface area contributed by atoms with E-state index in [1.165, 1.54) is 59.7 Å². The van der Waals surface area contributed by atoms with E-state index in [2.05, 4.69) is 71.5 Å². The molecule has 5 rings (SSSR count). The van der Waals surface area contributed by atoms with E-state index in [0.29, 0.717) is 12.5 Å². The van der Waals surface area contributed by atoms with E-state index in [4.69, 9.17) is 5.73 Å². The third-order valence-electron chi connectivity index (χ3n) is 8.35. The van der Waals surface area contributed by atoms with E-state index in [1.807, 2.05) is 0 Å². The first-order valence-electron chi connectivity index (χ1n) is 13.8. The Morgan fingerprint density at radius 3 is 2.54 bits per heavy atom. The molecule has 2 aromatic carbocycles. The quantitative estimate of drug-likeness (QED) is 0.417. The minimum Gasteiger partial charge on any atom is -0.353 e. The third kappa shape index (κ3) is 5.81. The van der Waals surface area contributed by atoms with Gasteiger partial charge in [-0.3, -0.25) is 4.79 Å². The normalized spacial score (nSPS) is 22.2. The van der Waals surface area contributed by atoms with Crippen LogP contribution in [0.5, 0.6) is 0 Å². The standard InChI is InChI=1S/C31H41N3O/c1-22-8-7-11-24(18-22)28(19-31(35)33-26-16-14-25(32)15-17-26)29-21-34(20-23-9-3-2-4-10-23)30-13-6-5-12-27(29)30/h5-8,11-13,18,21,23,25-26,28H,2-4,9-10,14-17,19-20,32H2,1H3,(H,33,35)/t25-,26+,28?. The van der Waals surface area contributed by atoms with E-state index in [-0.39, 0.29) is 17.9 Å². The van der Waals surface area contributed by atoms with E-state index in [0.717, 1.165) is 38.1 Å². The van der Waals surface area contributed by atoms with Crippen LogP contribution in [-0.4, -0.2) is 22.6 Å². The average Bonchev–Trinajstić information content (AvgIpc) is 3.23. The van der Waals surface area contributed by atoms with Gasteiger partial charge in [-0.15, -0.1) is 0 Å². The molecule has 2 fully saturated rings. The zero-order valence-electron chi connectivity index (χ0n) is 21.2. The first-order chi connectivity index (χ1) is 17.1. The van der Waals surface area contributed by atoms with E-state index < -0.39 is 0 Å². The first-order valence-corrected chi connectivity index (χ1v) is 13.8. The predicted molar refractivity (Wildman–Crippen MR) is 145 cm³/mol. The summed E-state index contributed by atoms with van der Waals surface area (Å²) in [6.45, 7) is 3.22. The molecule has 1 aromatic heterocycles. The number of aromatic nitrogens is 1. The van der Waals surface area contributed by atoms with E-state index in [9.17, 15) is 4.79 Å². The Kier molecular flexibility index (Phi) is 7.57. The largest absolute Gasteiger partial charge is 0.353 e. The number of amides is 1. The summed E-state index contributed by atoms with van der Waals surface area (Å²) in [7, 11) is 0. The van der Waals surface area contributed by atoms with Gasteiger partial charge in [-0.1, -0.05) is 67.3 Å². The summed E-state index contributed by atoms with van der Waals surface area (Å²) in [6, 6.07) is 18.0. The molecule has 186 valence electrons. The van der Waals surface area contributed by atoms with Crippen molar-refractivity contribution in [2.75, 3.05) is 0 Å². The van der Waals surface area contributed by atoms with Crippen molar-refractivity contribution in [3.63, 3.8) is 0 Å². The number of hydrogen-bond acceptors (Lipinski definition) is 2. The lowest BCUT2D eigenvalue weighted by Crippen LogP contribution is -2.40. The molecule has 0 spiro atoms. The number of carbonyl (C=O) groups excluding carboxylic acids is 1. The molecular weight excluding hydrogens is 430 g/mol. The number of nitrogens with zero attached hydrogens (tertiary/aromatic N) is 1. The SMILES string of the molecule is Cc1cccc(C(CC(=O)N[C@H]2CC[C@@H](N)CC2)c2cn(CC3CCCCC3)c3ccccc23)c1. The number of benzene rings is 2. The van der Waals surface area contributed by atoms with Crippen LogP contribution in [0.1, 0.15) is 86.8 Å². The summed E-state index contributed by atoms with van der Waals surface area (Å²) in [6.07, 6.45) is 13.6. The van der Waals surface area contributed by atoms with Crippen molar-refractivity contribution < 1.29 is 4.79 Å². The van der Waals surface area contributed by atoms with Gasteiger partial charge in [-0.2, -0.15) is 0 Å². The minimum absolute atomic E-state index is 0.0400. The number of para-hydroxylation sites is 1. The lowest BCUT2D eigenvalue weighted by molar-refractivity contribution is -0.122. The van der Waals surface area contributed by atoms with Crippen LogP contribution in [0.15, 0.2) is 54.7 Å². The van der Waals surface area contributed by atoms with Crippen molar-refractivity contribution in [2.24, 2.45) is 11.7 Å². The number of rotatable bonds is 7. The van der Waals surface area contributed by atoms with Gasteiger partial charge in [0, 0.05) is 48.1 Å². The number of hydrogen-bond donors (Lipinski definition) is 2. The number of nitrogens with one attached hydrogen (secondary N) is 1. The van der Waals surface area contributed by atoms with Crippen molar-refractivity contribution >= 4 is 16.8 Å². The Labute approximate surface area is 210 Å². The second kappa shape index (κ2) is 11.0. The summed E-state index contributed by atoms with van der Waals surface area (Å²) >= 11 is 0. The van der Waals surface area contributed by atoms with Crippen LogP contribution in [0.4, 0.5) is 0 Å². The Balaban J connectivity index is 1.45. The molecule has 2 aliphatic rings. The lowest BCUT2D eigenvalue weighted by Gasteiger charge is -2.27. The smallest absolute Gasteiger partial charge is 0.221 e. The Hall–Kier alpha value is -2.59. The van der Waals surface area contributed by atoms with Crippen molar-refractivity contribution in [3.05, 3.63) is 71.4 Å². The number of nitrogens with two attached hydrogens (primary N) is 1. The van der Waals surface area contributed by atoms with Gasteiger partial charge in [0.2, 0.25) is 5.91 Å². The summed E-state index contributed by atoms with van der Waals surface area (Å²) in [5, 5.41) is 4.63. The highest BCUT2D eigenvalue weighted by Gasteiger charge is 2.26. The van der Waals surface area contributed by atoms with Crippen LogP contribution >= 0.6 is 0 Å². The molecule has 3 aromatic rings. The van der Waals surface area contributed by atoms with Crippen LogP contribution in [0, 0.1) is 12.8 Å². The fourth-order valence-electron chi connectivity index (χ4n) is 6.38. The molecular formula is C31H41N3O. The summed E-state index contributed by atoms with van der Waals surface area (Å²) in [5.41, 5.74) is 11.1. The predicted octanol–water partition coefficient (Wildman–Crippen LogP) is 6.44. The monoisotopic (exact) mass is 471 g/mol. The zero-order chi connectivity index (χ0) is 24.2. The maximum absolute atomic E-state index is 13.3. The molecule has 1 amide bonds. The Morgan fingerprint density at radius 1 is 1.00 bits per heavy atom. The van der Waals surface area contributed by atoms with Crippen molar-refractivity contribution in [2.45, 2.75) is 95.7 Å². The van der Waals surface area contributed by atoms with Gasteiger partial charge in [0.05, 0.1) is 0 Å². The lowest BCUT2D eigenvalue weighted by atomic mass is 9.86. The molecule has 35 heavy (non-hydrogen) atoms. The first kappa shape index (κ1) is 24.1. The van der Waals surface area contributed by atoms with Crippen LogP contribution < -0.4 is 11.1 Å². The van der Waals surface area contributed by atoms with Crippen LogP contribution in [0.25, 0.3) is 10.9 Å². The Bertz CT molecular complexity index is 1140. The highest BCUT2D eigenvalue weighted by molar-refractivity contribution is 5.86. The van der Waals surface area contributed by atoms with Gasteiger partial charge in [-0.05, 0) is 68.6 Å². The molecule has 1 heterocycles. The maximum atomic E-state index is 13.3. The van der Waals surface area contributed by atoms with Crippen LogP contribution in [0.2, 0.25) is 0 Å². The van der Waals surface area contributed by atoms with Crippen LogP contribution in [0.3, 0.4) is 0 Å². The Morgan fingerprint density at radius 2 is 1.77 bits per heavy atom. The topological polar surface area (TPSA) is 60.1 Å². The highest BCUT2D eigenvalue weighted by Crippen LogP contribution is 2.36. The van der Waals surface area contributed by atoms with Gasteiger partial charge >= 0.3 is 0 Å². The van der Waals surface area contributed by atoms with Gasteiger partial charge in [0.25, 0.3) is 0 Å². The summed E-state index contributed by atoms with van der Waals surface area (Å²) in [5.74, 6) is 0.949. The second-order valence-corrected chi connectivity index (χ2v) is 11.1.